The lowest BCUT2D eigenvalue weighted by molar-refractivity contribution is -0.115. The van der Waals surface area contributed by atoms with E-state index >= 15 is 0 Å². The first-order chi connectivity index (χ1) is 6.13. The molecule has 0 aliphatic carbocycles. The van der Waals surface area contributed by atoms with Gasteiger partial charge in [-0.3, -0.25) is 4.79 Å². The van der Waals surface area contributed by atoms with E-state index in [9.17, 15) is 4.79 Å². The number of halogens is 3. The fourth-order valence-electron chi connectivity index (χ4n) is 0.925. The van der Waals surface area contributed by atoms with Crippen LogP contribution in [-0.2, 0) is 11.2 Å². The van der Waals surface area contributed by atoms with Crippen molar-refractivity contribution in [2.45, 2.75) is 6.42 Å². The van der Waals surface area contributed by atoms with Crippen molar-refractivity contribution in [1.82, 2.24) is 0 Å². The van der Waals surface area contributed by atoms with Crippen LogP contribution in [0.3, 0.4) is 0 Å². The summed E-state index contributed by atoms with van der Waals surface area (Å²) in [5, 5.41) is 0.417. The molecule has 0 N–H and O–H groups in total. The molecule has 0 fully saturated rings. The molecule has 70 valence electrons. The molecule has 0 bridgehead atoms. The molecule has 13 heavy (non-hydrogen) atoms. The Balaban J connectivity index is 2.79. The van der Waals surface area contributed by atoms with Gasteiger partial charge in [0.25, 0.3) is 0 Å². The van der Waals surface area contributed by atoms with Crippen molar-refractivity contribution in [3.63, 3.8) is 0 Å². The molecule has 0 spiro atoms. The predicted octanol–water partition coefficient (Wildman–Crippen LogP) is 3.72. The molecule has 1 rings (SSSR count). The van der Waals surface area contributed by atoms with Crippen LogP contribution < -0.4 is 0 Å². The summed E-state index contributed by atoms with van der Waals surface area (Å²) < 4.78 is 1.98. The Hall–Kier alpha value is 0.330. The number of Topliss-reactive ketones (excluding diaryl/α,β-unsaturated/α-hetero) is 1. The second-order valence-electron chi connectivity index (χ2n) is 2.60. The summed E-state index contributed by atoms with van der Waals surface area (Å²) in [5.74, 6) is 0.189. The Bertz CT molecular complexity index is 323. The maximum Gasteiger partial charge on any atom is 0.147 e. The second kappa shape index (κ2) is 5.27. The number of hydrogen-bond acceptors (Lipinski definition) is 1. The van der Waals surface area contributed by atoms with E-state index in [1.807, 2.05) is 18.2 Å². The number of hydrogen-bond donors (Lipinski definition) is 0. The van der Waals surface area contributed by atoms with E-state index in [4.69, 9.17) is 0 Å². The highest BCUT2D eigenvalue weighted by Crippen LogP contribution is 2.24. The molecule has 0 saturated carbocycles. The first-order valence-electron chi connectivity index (χ1n) is 3.65. The predicted molar refractivity (Wildman–Crippen MR) is 64.3 cm³/mol. The second-order valence-corrected chi connectivity index (χ2v) is 4.87. The molecule has 4 heteroatoms. The SMILES string of the molecule is O=C(CBr)Cc1ccc(Br)c(Br)c1. The van der Waals surface area contributed by atoms with Crippen LogP contribution in [0.25, 0.3) is 0 Å². The van der Waals surface area contributed by atoms with E-state index < -0.39 is 0 Å². The van der Waals surface area contributed by atoms with Gasteiger partial charge in [0.05, 0.1) is 5.33 Å². The molecule has 0 amide bonds. The van der Waals surface area contributed by atoms with Crippen molar-refractivity contribution in [2.75, 3.05) is 5.33 Å². The maximum atomic E-state index is 11.1. The lowest BCUT2D eigenvalue weighted by Crippen LogP contribution is -2.03. The van der Waals surface area contributed by atoms with Gasteiger partial charge in [0.1, 0.15) is 5.78 Å². The lowest BCUT2D eigenvalue weighted by atomic mass is 10.1. The quantitative estimate of drug-likeness (QED) is 0.741. The Morgan fingerprint density at radius 1 is 1.23 bits per heavy atom. The number of benzene rings is 1. The number of carbonyl (C=O) groups excluding carboxylic acids is 1. The number of carbonyl (C=O) groups is 1. The molecule has 0 aliphatic rings. The summed E-state index contributed by atoms with van der Waals surface area (Å²) in [7, 11) is 0. The van der Waals surface area contributed by atoms with Crippen LogP contribution in [0.2, 0.25) is 0 Å². The topological polar surface area (TPSA) is 17.1 Å². The number of alkyl halides is 1. The molecule has 0 atom stereocenters. The van der Waals surface area contributed by atoms with E-state index in [0.29, 0.717) is 11.8 Å². The van der Waals surface area contributed by atoms with Gasteiger partial charge in [0.15, 0.2) is 0 Å². The maximum absolute atomic E-state index is 11.1. The third-order valence-corrected chi connectivity index (χ3v) is 4.04. The van der Waals surface area contributed by atoms with Crippen molar-refractivity contribution < 1.29 is 4.79 Å². The van der Waals surface area contributed by atoms with E-state index in [2.05, 4.69) is 47.8 Å². The summed E-state index contributed by atoms with van der Waals surface area (Å²) in [6.45, 7) is 0. The van der Waals surface area contributed by atoms with E-state index in [0.717, 1.165) is 14.5 Å². The van der Waals surface area contributed by atoms with Gasteiger partial charge in [-0.05, 0) is 49.6 Å². The minimum atomic E-state index is 0.189. The lowest BCUT2D eigenvalue weighted by Gasteiger charge is -2.01. The monoisotopic (exact) mass is 368 g/mol. The summed E-state index contributed by atoms with van der Waals surface area (Å²) in [4.78, 5) is 11.1. The standard InChI is InChI=1S/C9H7Br3O/c10-5-7(13)3-6-1-2-8(11)9(12)4-6/h1-2,4H,3,5H2. The van der Waals surface area contributed by atoms with Crippen molar-refractivity contribution in [3.8, 4) is 0 Å². The summed E-state index contributed by atoms with van der Waals surface area (Å²) in [6, 6.07) is 5.82. The third kappa shape index (κ3) is 3.52. The number of rotatable bonds is 3. The highest BCUT2D eigenvalue weighted by Gasteiger charge is 2.03. The van der Waals surface area contributed by atoms with Crippen molar-refractivity contribution in [3.05, 3.63) is 32.7 Å². The summed E-state index contributed by atoms with van der Waals surface area (Å²) in [6.07, 6.45) is 0.483. The van der Waals surface area contributed by atoms with Gasteiger partial charge in [-0.2, -0.15) is 0 Å². The zero-order valence-corrected chi connectivity index (χ0v) is 11.4. The van der Waals surface area contributed by atoms with Crippen LogP contribution in [-0.4, -0.2) is 11.1 Å². The fourth-order valence-corrected chi connectivity index (χ4v) is 1.80. The zero-order valence-electron chi connectivity index (χ0n) is 6.69. The minimum absolute atomic E-state index is 0.189. The van der Waals surface area contributed by atoms with E-state index in [1.54, 1.807) is 0 Å². The third-order valence-electron chi connectivity index (χ3n) is 1.53. The summed E-state index contributed by atoms with van der Waals surface area (Å²) in [5.41, 5.74) is 1.03. The van der Waals surface area contributed by atoms with Crippen LogP contribution in [0.15, 0.2) is 27.1 Å². The Morgan fingerprint density at radius 2 is 1.92 bits per heavy atom. The summed E-state index contributed by atoms with van der Waals surface area (Å²) >= 11 is 9.89. The van der Waals surface area contributed by atoms with Crippen molar-refractivity contribution in [1.29, 1.82) is 0 Å². The molecular weight excluding hydrogens is 364 g/mol. The Morgan fingerprint density at radius 3 is 2.46 bits per heavy atom. The van der Waals surface area contributed by atoms with Crippen LogP contribution in [0.4, 0.5) is 0 Å². The smallest absolute Gasteiger partial charge is 0.147 e. The van der Waals surface area contributed by atoms with Crippen LogP contribution >= 0.6 is 47.8 Å². The molecule has 0 unspecified atom stereocenters. The molecule has 0 aromatic heterocycles. The van der Waals surface area contributed by atoms with Crippen LogP contribution in [0.1, 0.15) is 5.56 Å². The average molecular weight is 371 g/mol. The van der Waals surface area contributed by atoms with Crippen molar-refractivity contribution >= 4 is 53.6 Å². The van der Waals surface area contributed by atoms with Gasteiger partial charge in [-0.1, -0.05) is 22.0 Å². The van der Waals surface area contributed by atoms with Gasteiger partial charge in [0.2, 0.25) is 0 Å². The average Bonchev–Trinajstić information content (AvgIpc) is 2.11. The van der Waals surface area contributed by atoms with Gasteiger partial charge in [-0.25, -0.2) is 0 Å². The molecule has 0 saturated heterocycles. The first kappa shape index (κ1) is 11.4. The van der Waals surface area contributed by atoms with E-state index in [-0.39, 0.29) is 5.78 Å². The Kier molecular flexibility index (Phi) is 4.62. The van der Waals surface area contributed by atoms with Crippen molar-refractivity contribution in [2.24, 2.45) is 0 Å². The molecule has 0 aliphatic heterocycles. The van der Waals surface area contributed by atoms with E-state index in [1.165, 1.54) is 0 Å². The molecule has 1 aromatic rings. The van der Waals surface area contributed by atoms with Gasteiger partial charge >= 0.3 is 0 Å². The van der Waals surface area contributed by atoms with Crippen LogP contribution in [0, 0.1) is 0 Å². The van der Waals surface area contributed by atoms with Crippen LogP contribution in [0.5, 0.6) is 0 Å². The fraction of sp³-hybridized carbons (Fsp3) is 0.222. The van der Waals surface area contributed by atoms with Gasteiger partial charge < -0.3 is 0 Å². The molecule has 1 nitrogen and oxygen atoms in total. The highest BCUT2D eigenvalue weighted by atomic mass is 79.9. The first-order valence-corrected chi connectivity index (χ1v) is 6.36. The van der Waals surface area contributed by atoms with Gasteiger partial charge in [0, 0.05) is 15.4 Å². The largest absolute Gasteiger partial charge is 0.298 e. The Labute approximate surface area is 102 Å². The number of ketones is 1. The normalized spacial score (nSPS) is 10.1. The molecule has 0 heterocycles. The zero-order chi connectivity index (χ0) is 9.84. The van der Waals surface area contributed by atoms with Gasteiger partial charge in [-0.15, -0.1) is 0 Å². The molecular formula is C9H7Br3O. The molecule has 0 radical (unpaired) electrons. The highest BCUT2D eigenvalue weighted by molar-refractivity contribution is 9.13. The molecule has 1 aromatic carbocycles. The minimum Gasteiger partial charge on any atom is -0.298 e.